The third-order valence-corrected chi connectivity index (χ3v) is 3.58. The molecule has 0 aromatic heterocycles. The number of piperidine rings is 1. The summed E-state index contributed by atoms with van der Waals surface area (Å²) in [5, 5.41) is 2.58. The van der Waals surface area contributed by atoms with Crippen molar-refractivity contribution in [1.29, 1.82) is 0 Å². The van der Waals surface area contributed by atoms with Gasteiger partial charge in [-0.15, -0.1) is 0 Å². The van der Waals surface area contributed by atoms with Crippen molar-refractivity contribution in [3.8, 4) is 0 Å². The highest BCUT2D eigenvalue weighted by Gasteiger charge is 2.20. The molecule has 0 spiro atoms. The van der Waals surface area contributed by atoms with Crippen LogP contribution in [0.4, 0.5) is 4.39 Å². The molecule has 3 N–H and O–H groups in total. The van der Waals surface area contributed by atoms with Gasteiger partial charge in [0.05, 0.1) is 13.0 Å². The number of likely N-dealkylation sites (tertiary alicyclic amines) is 1. The molecule has 2 amide bonds. The van der Waals surface area contributed by atoms with Crippen molar-refractivity contribution in [3.63, 3.8) is 0 Å². The Kier molecular flexibility index (Phi) is 5.27. The minimum atomic E-state index is -0.374. The lowest BCUT2D eigenvalue weighted by Gasteiger charge is -2.30. The molecule has 1 fully saturated rings. The van der Waals surface area contributed by atoms with Gasteiger partial charge in [0, 0.05) is 19.1 Å². The number of carbonyl (C=O) groups is 2. The van der Waals surface area contributed by atoms with E-state index in [4.69, 9.17) is 5.73 Å². The van der Waals surface area contributed by atoms with Crippen LogP contribution in [0.3, 0.4) is 0 Å². The SMILES string of the molecule is NC1CCN(C(=O)CNC(=O)Cc2cccc(F)c2)CC1. The van der Waals surface area contributed by atoms with Gasteiger partial charge in [-0.05, 0) is 30.5 Å². The van der Waals surface area contributed by atoms with E-state index in [1.807, 2.05) is 0 Å². The maximum absolute atomic E-state index is 13.0. The average Bonchev–Trinajstić information content (AvgIpc) is 2.45. The monoisotopic (exact) mass is 293 g/mol. The summed E-state index contributed by atoms with van der Waals surface area (Å²) in [6.07, 6.45) is 1.65. The van der Waals surface area contributed by atoms with E-state index >= 15 is 0 Å². The lowest BCUT2D eigenvalue weighted by atomic mass is 10.1. The van der Waals surface area contributed by atoms with Crippen LogP contribution in [0.15, 0.2) is 24.3 Å². The maximum atomic E-state index is 13.0. The quantitative estimate of drug-likeness (QED) is 0.845. The van der Waals surface area contributed by atoms with Crippen molar-refractivity contribution >= 4 is 11.8 Å². The number of amides is 2. The third kappa shape index (κ3) is 4.82. The number of benzene rings is 1. The van der Waals surface area contributed by atoms with E-state index in [9.17, 15) is 14.0 Å². The van der Waals surface area contributed by atoms with Crippen LogP contribution >= 0.6 is 0 Å². The van der Waals surface area contributed by atoms with Gasteiger partial charge in [-0.1, -0.05) is 12.1 Å². The Morgan fingerprint density at radius 1 is 1.33 bits per heavy atom. The van der Waals surface area contributed by atoms with Crippen LogP contribution in [0.25, 0.3) is 0 Å². The van der Waals surface area contributed by atoms with E-state index in [-0.39, 0.29) is 36.6 Å². The number of rotatable bonds is 4. The number of hydrogen-bond acceptors (Lipinski definition) is 3. The largest absolute Gasteiger partial charge is 0.347 e. The van der Waals surface area contributed by atoms with Gasteiger partial charge >= 0.3 is 0 Å². The molecule has 6 heteroatoms. The minimum Gasteiger partial charge on any atom is -0.347 e. The molecule has 0 radical (unpaired) electrons. The molecular formula is C15H20FN3O2. The minimum absolute atomic E-state index is 0.0244. The summed E-state index contributed by atoms with van der Waals surface area (Å²) in [6, 6.07) is 6.03. The molecule has 0 atom stereocenters. The standard InChI is InChI=1S/C15H20FN3O2/c16-12-3-1-2-11(8-12)9-14(20)18-10-15(21)19-6-4-13(17)5-7-19/h1-3,8,13H,4-7,9-10,17H2,(H,18,20). The van der Waals surface area contributed by atoms with Crippen LogP contribution < -0.4 is 11.1 Å². The van der Waals surface area contributed by atoms with Crippen LogP contribution in [0.5, 0.6) is 0 Å². The molecule has 21 heavy (non-hydrogen) atoms. The first-order valence-corrected chi connectivity index (χ1v) is 7.09. The van der Waals surface area contributed by atoms with E-state index in [0.717, 1.165) is 12.8 Å². The molecule has 1 saturated heterocycles. The first-order chi connectivity index (χ1) is 10.0. The Morgan fingerprint density at radius 2 is 2.05 bits per heavy atom. The van der Waals surface area contributed by atoms with Crippen LogP contribution in [0.2, 0.25) is 0 Å². The average molecular weight is 293 g/mol. The second-order valence-electron chi connectivity index (χ2n) is 5.30. The van der Waals surface area contributed by atoms with Crippen LogP contribution in [-0.2, 0) is 16.0 Å². The molecule has 1 aliphatic heterocycles. The van der Waals surface area contributed by atoms with Crippen molar-refractivity contribution < 1.29 is 14.0 Å². The number of carbonyl (C=O) groups excluding carboxylic acids is 2. The predicted octanol–water partition coefficient (Wildman–Crippen LogP) is 0.434. The molecule has 0 bridgehead atoms. The summed E-state index contributed by atoms with van der Waals surface area (Å²) in [5.74, 6) is -0.766. The number of nitrogens with two attached hydrogens (primary N) is 1. The second-order valence-corrected chi connectivity index (χ2v) is 5.30. The summed E-state index contributed by atoms with van der Waals surface area (Å²) in [4.78, 5) is 25.4. The predicted molar refractivity (Wildman–Crippen MR) is 76.9 cm³/mol. The van der Waals surface area contributed by atoms with E-state index in [0.29, 0.717) is 18.7 Å². The highest BCUT2D eigenvalue weighted by molar-refractivity contribution is 5.85. The molecule has 1 aromatic rings. The van der Waals surface area contributed by atoms with Gasteiger partial charge in [-0.25, -0.2) is 4.39 Å². The molecule has 2 rings (SSSR count). The number of halogens is 1. The summed E-state index contributed by atoms with van der Waals surface area (Å²) < 4.78 is 13.0. The molecule has 0 saturated carbocycles. The summed E-state index contributed by atoms with van der Waals surface area (Å²) in [5.41, 5.74) is 6.37. The van der Waals surface area contributed by atoms with Crippen LogP contribution in [0.1, 0.15) is 18.4 Å². The number of hydrogen-bond donors (Lipinski definition) is 2. The Labute approximate surface area is 123 Å². The van der Waals surface area contributed by atoms with Gasteiger partial charge in [0.1, 0.15) is 5.82 Å². The fourth-order valence-electron chi connectivity index (χ4n) is 2.33. The molecule has 1 aromatic carbocycles. The lowest BCUT2D eigenvalue weighted by Crippen LogP contribution is -2.46. The van der Waals surface area contributed by atoms with Gasteiger partial charge in [0.25, 0.3) is 0 Å². The number of nitrogens with one attached hydrogen (secondary N) is 1. The van der Waals surface area contributed by atoms with Crippen molar-refractivity contribution in [2.75, 3.05) is 19.6 Å². The van der Waals surface area contributed by atoms with E-state index in [1.54, 1.807) is 17.0 Å². The Balaban J connectivity index is 1.75. The van der Waals surface area contributed by atoms with Gasteiger partial charge in [0.15, 0.2) is 0 Å². The Hall–Kier alpha value is -1.95. The number of nitrogens with zero attached hydrogens (tertiary/aromatic N) is 1. The first kappa shape index (κ1) is 15.4. The van der Waals surface area contributed by atoms with Gasteiger partial charge in [0.2, 0.25) is 11.8 Å². The zero-order chi connectivity index (χ0) is 15.2. The molecule has 1 heterocycles. The summed E-state index contributed by atoms with van der Waals surface area (Å²) in [7, 11) is 0. The van der Waals surface area contributed by atoms with E-state index < -0.39 is 0 Å². The zero-order valence-electron chi connectivity index (χ0n) is 11.8. The van der Waals surface area contributed by atoms with Gasteiger partial charge in [-0.3, -0.25) is 9.59 Å². The highest BCUT2D eigenvalue weighted by Crippen LogP contribution is 2.08. The van der Waals surface area contributed by atoms with Crippen molar-refractivity contribution in [1.82, 2.24) is 10.2 Å². The van der Waals surface area contributed by atoms with Crippen molar-refractivity contribution in [2.24, 2.45) is 5.73 Å². The summed E-state index contributed by atoms with van der Waals surface area (Å²) >= 11 is 0. The van der Waals surface area contributed by atoms with Crippen molar-refractivity contribution in [2.45, 2.75) is 25.3 Å². The zero-order valence-corrected chi connectivity index (χ0v) is 11.8. The molecule has 0 aliphatic carbocycles. The normalized spacial score (nSPS) is 15.8. The maximum Gasteiger partial charge on any atom is 0.241 e. The fraction of sp³-hybridized carbons (Fsp3) is 0.467. The first-order valence-electron chi connectivity index (χ1n) is 7.09. The third-order valence-electron chi connectivity index (χ3n) is 3.58. The lowest BCUT2D eigenvalue weighted by molar-refractivity contribution is -0.133. The second kappa shape index (κ2) is 7.17. The molecule has 1 aliphatic rings. The van der Waals surface area contributed by atoms with Crippen LogP contribution in [-0.4, -0.2) is 42.4 Å². The molecule has 114 valence electrons. The Bertz CT molecular complexity index is 513. The van der Waals surface area contributed by atoms with Gasteiger partial charge in [-0.2, -0.15) is 0 Å². The molecule has 5 nitrogen and oxygen atoms in total. The van der Waals surface area contributed by atoms with Gasteiger partial charge < -0.3 is 16.0 Å². The Morgan fingerprint density at radius 3 is 2.71 bits per heavy atom. The fourth-order valence-corrected chi connectivity index (χ4v) is 2.33. The van der Waals surface area contributed by atoms with Crippen LogP contribution in [0, 0.1) is 5.82 Å². The summed E-state index contributed by atoms with van der Waals surface area (Å²) in [6.45, 7) is 1.25. The molecule has 0 unspecified atom stereocenters. The van der Waals surface area contributed by atoms with E-state index in [2.05, 4.69) is 5.32 Å². The van der Waals surface area contributed by atoms with E-state index in [1.165, 1.54) is 12.1 Å². The molecular weight excluding hydrogens is 273 g/mol. The highest BCUT2D eigenvalue weighted by atomic mass is 19.1. The smallest absolute Gasteiger partial charge is 0.241 e. The van der Waals surface area contributed by atoms with Crippen molar-refractivity contribution in [3.05, 3.63) is 35.6 Å². The topological polar surface area (TPSA) is 75.4 Å².